The molecule has 20 heavy (non-hydrogen) atoms. The smallest absolute Gasteiger partial charge is 0.120 e. The van der Waals surface area contributed by atoms with Crippen LogP contribution in [0, 0.1) is 5.92 Å². The van der Waals surface area contributed by atoms with Crippen LogP contribution in [-0.4, -0.2) is 9.55 Å². The number of aromatic nitrogens is 2. The molecule has 0 fully saturated rings. The Balaban J connectivity index is 1.83. The maximum atomic E-state index is 4.85. The molecule has 0 unspecified atom stereocenters. The number of allylic oxidation sites excluding steroid dienone is 8. The summed E-state index contributed by atoms with van der Waals surface area (Å²) in [4.78, 5) is 4.85. The molecule has 0 atom stereocenters. The number of hydrogen-bond donors (Lipinski definition) is 0. The molecule has 2 heteroatoms. The quantitative estimate of drug-likeness (QED) is 0.816. The Morgan fingerprint density at radius 3 is 2.40 bits per heavy atom. The van der Waals surface area contributed by atoms with Crippen LogP contribution in [0.4, 0.5) is 0 Å². The van der Waals surface area contributed by atoms with Crippen LogP contribution in [0.15, 0.2) is 72.9 Å². The van der Waals surface area contributed by atoms with E-state index in [4.69, 9.17) is 4.98 Å². The predicted molar refractivity (Wildman–Crippen MR) is 82.5 cm³/mol. The monoisotopic (exact) mass is 260 g/mol. The van der Waals surface area contributed by atoms with Crippen molar-refractivity contribution in [3.05, 3.63) is 78.7 Å². The first-order valence-electron chi connectivity index (χ1n) is 7.07. The molecule has 1 aromatic heterocycles. The fourth-order valence-electron chi connectivity index (χ4n) is 2.95. The normalized spacial score (nSPS) is 18.0. The molecule has 1 aromatic carbocycles. The summed E-state index contributed by atoms with van der Waals surface area (Å²) < 4.78 is 2.37. The van der Waals surface area contributed by atoms with Crippen LogP contribution in [0.5, 0.6) is 0 Å². The average molecular weight is 260 g/mol. The fraction of sp³-hybridized carbons (Fsp3) is 0.167. The van der Waals surface area contributed by atoms with Gasteiger partial charge >= 0.3 is 0 Å². The molecule has 4 rings (SSSR count). The van der Waals surface area contributed by atoms with E-state index in [2.05, 4.69) is 77.4 Å². The predicted octanol–water partition coefficient (Wildman–Crippen LogP) is 3.99. The molecule has 2 aliphatic rings. The zero-order valence-corrected chi connectivity index (χ0v) is 11.2. The van der Waals surface area contributed by atoms with Gasteiger partial charge in [-0.3, -0.25) is 0 Å². The highest BCUT2D eigenvalue weighted by Crippen LogP contribution is 2.28. The lowest BCUT2D eigenvalue weighted by molar-refractivity contribution is 0.604. The van der Waals surface area contributed by atoms with E-state index in [9.17, 15) is 0 Å². The second kappa shape index (κ2) is 4.64. The molecule has 0 radical (unpaired) electrons. The number of nitrogens with zero attached hydrogens (tertiary/aromatic N) is 2. The van der Waals surface area contributed by atoms with Gasteiger partial charge in [0, 0.05) is 12.5 Å². The van der Waals surface area contributed by atoms with Gasteiger partial charge in [0.1, 0.15) is 5.82 Å². The van der Waals surface area contributed by atoms with Crippen molar-refractivity contribution in [1.29, 1.82) is 0 Å². The Morgan fingerprint density at radius 2 is 1.60 bits per heavy atom. The summed E-state index contributed by atoms with van der Waals surface area (Å²) in [6.45, 7) is 0.959. The Bertz CT molecular complexity index is 735. The van der Waals surface area contributed by atoms with Crippen LogP contribution < -0.4 is 0 Å². The highest BCUT2D eigenvalue weighted by Gasteiger charge is 2.19. The SMILES string of the molecule is C1=CC(Cn2c(C3C=CC=C3)nc3ccccc32)C=C1. The van der Waals surface area contributed by atoms with Gasteiger partial charge in [-0.2, -0.15) is 0 Å². The van der Waals surface area contributed by atoms with Gasteiger partial charge in [-0.05, 0) is 12.1 Å². The molecule has 0 bridgehead atoms. The van der Waals surface area contributed by atoms with Gasteiger partial charge in [0.25, 0.3) is 0 Å². The lowest BCUT2D eigenvalue weighted by Crippen LogP contribution is -2.10. The average Bonchev–Trinajstić information content (AvgIpc) is 3.19. The van der Waals surface area contributed by atoms with Gasteiger partial charge in [0.05, 0.1) is 17.0 Å². The minimum absolute atomic E-state index is 0.303. The first kappa shape index (κ1) is 11.5. The summed E-state index contributed by atoms with van der Waals surface area (Å²) in [6.07, 6.45) is 17.4. The topological polar surface area (TPSA) is 17.8 Å². The number of fused-ring (bicyclic) bond motifs is 1. The molecular weight excluding hydrogens is 244 g/mol. The van der Waals surface area contributed by atoms with Crippen LogP contribution in [0.25, 0.3) is 11.0 Å². The zero-order valence-electron chi connectivity index (χ0n) is 11.2. The molecule has 0 N–H and O–H groups in total. The third-order valence-corrected chi connectivity index (χ3v) is 3.95. The molecule has 0 saturated heterocycles. The fourth-order valence-corrected chi connectivity index (χ4v) is 2.95. The van der Waals surface area contributed by atoms with Crippen LogP contribution in [0.2, 0.25) is 0 Å². The van der Waals surface area contributed by atoms with Crippen LogP contribution in [0.3, 0.4) is 0 Å². The molecule has 2 aliphatic carbocycles. The first-order valence-corrected chi connectivity index (χ1v) is 7.07. The second-order valence-electron chi connectivity index (χ2n) is 5.30. The van der Waals surface area contributed by atoms with Crippen molar-refractivity contribution >= 4 is 11.0 Å². The standard InChI is InChI=1S/C18H16N2/c1-2-8-14(7-1)13-20-17-12-6-5-11-16(17)19-18(20)15-9-3-4-10-15/h1-12,14-15H,13H2. The summed E-state index contributed by atoms with van der Waals surface area (Å²) in [5, 5.41) is 0. The van der Waals surface area contributed by atoms with Crippen molar-refractivity contribution in [2.24, 2.45) is 5.92 Å². The van der Waals surface area contributed by atoms with Crippen LogP contribution in [0.1, 0.15) is 11.7 Å². The number of para-hydroxylation sites is 2. The Morgan fingerprint density at radius 1 is 0.900 bits per heavy atom. The van der Waals surface area contributed by atoms with E-state index in [1.807, 2.05) is 0 Å². The highest BCUT2D eigenvalue weighted by molar-refractivity contribution is 5.76. The van der Waals surface area contributed by atoms with E-state index in [1.54, 1.807) is 0 Å². The number of rotatable bonds is 3. The zero-order chi connectivity index (χ0) is 13.4. The van der Waals surface area contributed by atoms with E-state index in [0.717, 1.165) is 17.9 Å². The highest BCUT2D eigenvalue weighted by atomic mass is 15.1. The van der Waals surface area contributed by atoms with E-state index >= 15 is 0 Å². The van der Waals surface area contributed by atoms with E-state index in [1.165, 1.54) is 5.52 Å². The molecule has 0 aliphatic heterocycles. The van der Waals surface area contributed by atoms with Gasteiger partial charge in [-0.1, -0.05) is 60.7 Å². The number of imidazole rings is 1. The van der Waals surface area contributed by atoms with Gasteiger partial charge in [0.15, 0.2) is 0 Å². The largest absolute Gasteiger partial charge is 0.326 e. The summed E-state index contributed by atoms with van der Waals surface area (Å²) >= 11 is 0. The molecule has 2 nitrogen and oxygen atoms in total. The van der Waals surface area contributed by atoms with Gasteiger partial charge < -0.3 is 4.57 Å². The summed E-state index contributed by atoms with van der Waals surface area (Å²) in [6, 6.07) is 8.40. The third-order valence-electron chi connectivity index (χ3n) is 3.95. The minimum atomic E-state index is 0.303. The Kier molecular flexibility index (Phi) is 2.66. The van der Waals surface area contributed by atoms with E-state index in [0.29, 0.717) is 11.8 Å². The lowest BCUT2D eigenvalue weighted by Gasteiger charge is -2.14. The van der Waals surface area contributed by atoms with E-state index in [-0.39, 0.29) is 0 Å². The van der Waals surface area contributed by atoms with Crippen LogP contribution in [-0.2, 0) is 6.54 Å². The molecule has 0 spiro atoms. The minimum Gasteiger partial charge on any atom is -0.326 e. The van der Waals surface area contributed by atoms with Crippen molar-refractivity contribution in [1.82, 2.24) is 9.55 Å². The van der Waals surface area contributed by atoms with Crippen molar-refractivity contribution in [3.8, 4) is 0 Å². The molecule has 98 valence electrons. The second-order valence-corrected chi connectivity index (χ2v) is 5.30. The van der Waals surface area contributed by atoms with Crippen molar-refractivity contribution in [2.75, 3.05) is 0 Å². The molecule has 0 saturated carbocycles. The first-order chi connectivity index (χ1) is 9.92. The Hall–Kier alpha value is -2.35. The molecule has 2 aromatic rings. The summed E-state index contributed by atoms with van der Waals surface area (Å²) in [5.41, 5.74) is 2.31. The maximum Gasteiger partial charge on any atom is 0.120 e. The molecule has 0 amide bonds. The third kappa shape index (κ3) is 1.85. The molecule has 1 heterocycles. The van der Waals surface area contributed by atoms with Crippen molar-refractivity contribution in [2.45, 2.75) is 12.5 Å². The van der Waals surface area contributed by atoms with Crippen LogP contribution >= 0.6 is 0 Å². The Labute approximate surface area is 118 Å². The molecular formula is C18H16N2. The summed E-state index contributed by atoms with van der Waals surface area (Å²) in [5.74, 6) is 1.92. The number of hydrogen-bond acceptors (Lipinski definition) is 1. The number of benzene rings is 1. The van der Waals surface area contributed by atoms with E-state index < -0.39 is 0 Å². The van der Waals surface area contributed by atoms with Gasteiger partial charge in [0.2, 0.25) is 0 Å². The van der Waals surface area contributed by atoms with Crippen molar-refractivity contribution < 1.29 is 0 Å². The maximum absolute atomic E-state index is 4.85. The summed E-state index contributed by atoms with van der Waals surface area (Å²) in [7, 11) is 0. The van der Waals surface area contributed by atoms with Crippen molar-refractivity contribution in [3.63, 3.8) is 0 Å². The van der Waals surface area contributed by atoms with Gasteiger partial charge in [-0.15, -0.1) is 0 Å². The van der Waals surface area contributed by atoms with Gasteiger partial charge in [-0.25, -0.2) is 4.98 Å². The lowest BCUT2D eigenvalue weighted by atomic mass is 10.1.